The van der Waals surface area contributed by atoms with E-state index in [0.29, 0.717) is 16.4 Å². The van der Waals surface area contributed by atoms with Crippen LogP contribution in [0.15, 0.2) is 48.0 Å². The molecule has 1 aliphatic rings. The molecule has 0 aliphatic carbocycles. The molecule has 136 valence electrons. The molecule has 27 heavy (non-hydrogen) atoms. The van der Waals surface area contributed by atoms with Crippen LogP contribution in [0.4, 0.5) is 9.52 Å². The van der Waals surface area contributed by atoms with E-state index in [2.05, 4.69) is 15.3 Å². The largest absolute Gasteiger partial charge is 0.317 e. The van der Waals surface area contributed by atoms with E-state index in [4.69, 9.17) is 0 Å². The van der Waals surface area contributed by atoms with Gasteiger partial charge in [0.05, 0.1) is 0 Å². The van der Waals surface area contributed by atoms with E-state index in [9.17, 15) is 14.0 Å². The van der Waals surface area contributed by atoms with Crippen LogP contribution in [0.1, 0.15) is 33.4 Å². The van der Waals surface area contributed by atoms with Gasteiger partial charge in [-0.05, 0) is 30.7 Å². The lowest BCUT2D eigenvalue weighted by Crippen LogP contribution is -2.37. The van der Waals surface area contributed by atoms with Gasteiger partial charge in [0, 0.05) is 29.4 Å². The SMILES string of the molecule is Cc1ccc2c(n1)C(=O)N(C(C(=O)Nc1nccs1)c1cccc(F)c1)C2. The van der Waals surface area contributed by atoms with Crippen molar-refractivity contribution >= 4 is 28.3 Å². The van der Waals surface area contributed by atoms with Gasteiger partial charge in [-0.1, -0.05) is 18.2 Å². The summed E-state index contributed by atoms with van der Waals surface area (Å²) in [5.74, 6) is -1.27. The normalized spacial score (nSPS) is 14.1. The van der Waals surface area contributed by atoms with E-state index in [0.717, 1.165) is 11.3 Å². The van der Waals surface area contributed by atoms with Crippen molar-refractivity contribution in [2.24, 2.45) is 0 Å². The number of hydrogen-bond donors (Lipinski definition) is 1. The summed E-state index contributed by atoms with van der Waals surface area (Å²) < 4.78 is 13.8. The maximum atomic E-state index is 13.8. The lowest BCUT2D eigenvalue weighted by Gasteiger charge is -2.26. The van der Waals surface area contributed by atoms with Crippen molar-refractivity contribution in [3.05, 3.63) is 76.3 Å². The number of hydrogen-bond acceptors (Lipinski definition) is 5. The third-order valence-corrected chi connectivity index (χ3v) is 5.00. The summed E-state index contributed by atoms with van der Waals surface area (Å²) in [6.07, 6.45) is 1.57. The number of aromatic nitrogens is 2. The molecule has 0 bridgehead atoms. The van der Waals surface area contributed by atoms with E-state index in [1.807, 2.05) is 12.1 Å². The first kappa shape index (κ1) is 17.3. The van der Waals surface area contributed by atoms with Gasteiger partial charge < -0.3 is 4.90 Å². The highest BCUT2D eigenvalue weighted by molar-refractivity contribution is 7.13. The van der Waals surface area contributed by atoms with E-state index in [-0.39, 0.29) is 12.5 Å². The Morgan fingerprint density at radius 3 is 2.93 bits per heavy atom. The molecular weight excluding hydrogens is 367 g/mol. The van der Waals surface area contributed by atoms with Crippen LogP contribution >= 0.6 is 11.3 Å². The van der Waals surface area contributed by atoms with Gasteiger partial charge in [0.15, 0.2) is 5.13 Å². The molecule has 1 atom stereocenters. The number of rotatable bonds is 4. The van der Waals surface area contributed by atoms with E-state index < -0.39 is 17.8 Å². The molecule has 2 aromatic heterocycles. The molecule has 1 N–H and O–H groups in total. The molecule has 0 saturated carbocycles. The Kier molecular flexibility index (Phi) is 4.41. The first-order valence-corrected chi connectivity index (χ1v) is 9.14. The fraction of sp³-hybridized carbons (Fsp3) is 0.158. The molecule has 4 rings (SSSR count). The Bertz CT molecular complexity index is 1020. The molecule has 1 aliphatic heterocycles. The molecule has 0 saturated heterocycles. The molecule has 0 fully saturated rings. The van der Waals surface area contributed by atoms with Crippen molar-refractivity contribution in [1.82, 2.24) is 14.9 Å². The van der Waals surface area contributed by atoms with Crippen LogP contribution in [0, 0.1) is 12.7 Å². The molecule has 2 amide bonds. The predicted molar refractivity (Wildman–Crippen MR) is 98.7 cm³/mol. The van der Waals surface area contributed by atoms with E-state index in [1.54, 1.807) is 24.6 Å². The second-order valence-electron chi connectivity index (χ2n) is 6.18. The number of halogens is 1. The van der Waals surface area contributed by atoms with Crippen molar-refractivity contribution in [1.29, 1.82) is 0 Å². The number of pyridine rings is 1. The Labute approximate surface area is 158 Å². The van der Waals surface area contributed by atoms with Crippen LogP contribution in [0.3, 0.4) is 0 Å². The molecule has 3 aromatic rings. The predicted octanol–water partition coefficient (Wildman–Crippen LogP) is 3.32. The standard InChI is InChI=1S/C19H15FN4O2S/c1-11-5-6-13-10-24(18(26)15(13)22-11)16(12-3-2-4-14(20)9-12)17(25)23-19-21-7-8-27-19/h2-9,16H,10H2,1H3,(H,21,23,25). The second-order valence-corrected chi connectivity index (χ2v) is 7.07. The van der Waals surface area contributed by atoms with E-state index in [1.165, 1.54) is 34.4 Å². The fourth-order valence-electron chi connectivity index (χ4n) is 3.11. The van der Waals surface area contributed by atoms with Crippen LogP contribution in [-0.4, -0.2) is 26.7 Å². The molecule has 6 nitrogen and oxygen atoms in total. The highest BCUT2D eigenvalue weighted by atomic mass is 32.1. The molecule has 1 aromatic carbocycles. The van der Waals surface area contributed by atoms with Crippen molar-refractivity contribution in [3.63, 3.8) is 0 Å². The number of benzene rings is 1. The number of fused-ring (bicyclic) bond motifs is 1. The highest BCUT2D eigenvalue weighted by Crippen LogP contribution is 2.32. The average molecular weight is 382 g/mol. The molecule has 8 heteroatoms. The first-order valence-electron chi connectivity index (χ1n) is 8.26. The molecule has 0 radical (unpaired) electrons. The van der Waals surface area contributed by atoms with Crippen molar-refractivity contribution < 1.29 is 14.0 Å². The van der Waals surface area contributed by atoms with Crippen LogP contribution in [-0.2, 0) is 11.3 Å². The summed E-state index contributed by atoms with van der Waals surface area (Å²) in [6, 6.07) is 8.37. The maximum absolute atomic E-state index is 13.8. The minimum atomic E-state index is -0.994. The number of carbonyl (C=O) groups is 2. The summed E-state index contributed by atoms with van der Waals surface area (Å²) >= 11 is 1.27. The van der Waals surface area contributed by atoms with Gasteiger partial charge in [0.25, 0.3) is 11.8 Å². The van der Waals surface area contributed by atoms with E-state index >= 15 is 0 Å². The lowest BCUT2D eigenvalue weighted by molar-refractivity contribution is -0.120. The lowest BCUT2D eigenvalue weighted by atomic mass is 10.0. The molecule has 3 heterocycles. The summed E-state index contributed by atoms with van der Waals surface area (Å²) in [5, 5.41) is 4.86. The van der Waals surface area contributed by atoms with Crippen LogP contribution in [0.2, 0.25) is 0 Å². The molecule has 0 spiro atoms. The van der Waals surface area contributed by atoms with Gasteiger partial charge >= 0.3 is 0 Å². The van der Waals surface area contributed by atoms with Crippen molar-refractivity contribution in [2.75, 3.05) is 5.32 Å². The number of carbonyl (C=O) groups excluding carboxylic acids is 2. The van der Waals surface area contributed by atoms with Gasteiger partial charge in [-0.3, -0.25) is 14.9 Å². The minimum absolute atomic E-state index is 0.230. The van der Waals surface area contributed by atoms with Gasteiger partial charge in [0.2, 0.25) is 0 Å². The van der Waals surface area contributed by atoms with Gasteiger partial charge in [-0.25, -0.2) is 14.4 Å². The smallest absolute Gasteiger partial charge is 0.274 e. The third kappa shape index (κ3) is 3.31. The van der Waals surface area contributed by atoms with Gasteiger partial charge in [0.1, 0.15) is 17.6 Å². The number of amides is 2. The first-order chi connectivity index (χ1) is 13.0. The Morgan fingerprint density at radius 2 is 2.19 bits per heavy atom. The quantitative estimate of drug-likeness (QED) is 0.751. The van der Waals surface area contributed by atoms with Crippen molar-refractivity contribution in [2.45, 2.75) is 19.5 Å². The van der Waals surface area contributed by atoms with Crippen LogP contribution in [0.5, 0.6) is 0 Å². The molecular formula is C19H15FN4O2S. The Morgan fingerprint density at radius 1 is 1.33 bits per heavy atom. The van der Waals surface area contributed by atoms with Crippen LogP contribution in [0.25, 0.3) is 0 Å². The zero-order chi connectivity index (χ0) is 19.0. The number of nitrogens with one attached hydrogen (secondary N) is 1. The third-order valence-electron chi connectivity index (χ3n) is 4.31. The fourth-order valence-corrected chi connectivity index (χ4v) is 3.64. The average Bonchev–Trinajstić information content (AvgIpc) is 3.25. The monoisotopic (exact) mass is 382 g/mol. The number of nitrogens with zero attached hydrogens (tertiary/aromatic N) is 3. The summed E-state index contributed by atoms with van der Waals surface area (Å²) in [5.41, 5.74) is 2.19. The number of anilines is 1. The van der Waals surface area contributed by atoms with Gasteiger partial charge in [-0.2, -0.15) is 0 Å². The Hall–Kier alpha value is -3.13. The Balaban J connectivity index is 1.72. The van der Waals surface area contributed by atoms with Crippen LogP contribution < -0.4 is 5.32 Å². The summed E-state index contributed by atoms with van der Waals surface area (Å²) in [7, 11) is 0. The van der Waals surface area contributed by atoms with Gasteiger partial charge in [-0.15, -0.1) is 11.3 Å². The molecule has 1 unspecified atom stereocenters. The maximum Gasteiger partial charge on any atom is 0.274 e. The number of aryl methyl sites for hydroxylation is 1. The number of thiazole rings is 1. The summed E-state index contributed by atoms with van der Waals surface area (Å²) in [4.78, 5) is 35.7. The topological polar surface area (TPSA) is 75.2 Å². The summed E-state index contributed by atoms with van der Waals surface area (Å²) in [6.45, 7) is 2.03. The highest BCUT2D eigenvalue weighted by Gasteiger charge is 2.38. The second kappa shape index (κ2) is 6.88. The van der Waals surface area contributed by atoms with Crippen molar-refractivity contribution in [3.8, 4) is 0 Å². The zero-order valence-corrected chi connectivity index (χ0v) is 15.2. The minimum Gasteiger partial charge on any atom is -0.317 e. The zero-order valence-electron chi connectivity index (χ0n) is 14.3.